The molecule has 0 saturated heterocycles. The van der Waals surface area contributed by atoms with E-state index in [1.165, 1.54) is 25.7 Å². The van der Waals surface area contributed by atoms with Crippen LogP contribution in [0.4, 0.5) is 0 Å². The number of nitrogens with zero attached hydrogens (tertiary/aromatic N) is 1. The predicted molar refractivity (Wildman–Crippen MR) is 81.5 cm³/mol. The summed E-state index contributed by atoms with van der Waals surface area (Å²) in [7, 11) is 0.772. The normalized spacial score (nSPS) is 28.3. The molecule has 3 unspecified atom stereocenters. The summed E-state index contributed by atoms with van der Waals surface area (Å²) in [6.45, 7) is 1.93. The lowest BCUT2D eigenvalue weighted by atomic mass is 9.77. The van der Waals surface area contributed by atoms with E-state index in [1.807, 2.05) is 18.2 Å². The van der Waals surface area contributed by atoms with Gasteiger partial charge in [0.25, 0.3) is 0 Å². The number of fused-ring (bicyclic) bond motifs is 2. The molecule has 2 saturated carbocycles. The first-order valence-electron chi connectivity index (χ1n) is 7.76. The van der Waals surface area contributed by atoms with Crippen molar-refractivity contribution in [3.63, 3.8) is 0 Å². The predicted octanol–water partition coefficient (Wildman–Crippen LogP) is 1.23. The fourth-order valence-electron chi connectivity index (χ4n) is 4.29. The summed E-state index contributed by atoms with van der Waals surface area (Å²) >= 11 is 0. The smallest absolute Gasteiger partial charge is 0.423 e. The van der Waals surface area contributed by atoms with Crippen molar-refractivity contribution in [2.45, 2.75) is 32.2 Å². The Kier molecular flexibility index (Phi) is 4.15. The van der Waals surface area contributed by atoms with Gasteiger partial charge in [0.05, 0.1) is 0 Å². The third-order valence-electron chi connectivity index (χ3n) is 5.20. The summed E-state index contributed by atoms with van der Waals surface area (Å²) in [4.78, 5) is 2.34. The topological polar surface area (TPSA) is 43.7 Å². The highest BCUT2D eigenvalue weighted by molar-refractivity contribution is 6.59. The van der Waals surface area contributed by atoms with Gasteiger partial charge in [-0.25, -0.2) is 0 Å². The van der Waals surface area contributed by atoms with Crippen LogP contribution in [0.15, 0.2) is 24.3 Å². The van der Waals surface area contributed by atoms with Gasteiger partial charge in [0.2, 0.25) is 0 Å². The van der Waals surface area contributed by atoms with Crippen LogP contribution in [0.25, 0.3) is 0 Å². The van der Waals surface area contributed by atoms with Crippen molar-refractivity contribution in [2.24, 2.45) is 17.8 Å². The van der Waals surface area contributed by atoms with Gasteiger partial charge >= 0.3 is 7.12 Å². The molecule has 0 aliphatic heterocycles. The average molecular weight is 273 g/mol. The molecule has 1 aromatic carbocycles. The molecule has 2 bridgehead atoms. The van der Waals surface area contributed by atoms with Gasteiger partial charge in [-0.3, -0.25) is 0 Å². The summed E-state index contributed by atoms with van der Waals surface area (Å²) < 4.78 is 0. The lowest BCUT2D eigenvalue weighted by Crippen LogP contribution is -2.36. The largest absolute Gasteiger partial charge is 0.488 e. The summed E-state index contributed by atoms with van der Waals surface area (Å²) in [6, 6.07) is 7.61. The maximum absolute atomic E-state index is 9.42. The van der Waals surface area contributed by atoms with Crippen LogP contribution in [-0.4, -0.2) is 35.7 Å². The van der Waals surface area contributed by atoms with Crippen LogP contribution in [0, 0.1) is 17.8 Å². The minimum absolute atomic E-state index is 0.632. The first-order chi connectivity index (χ1) is 9.63. The molecule has 4 heteroatoms. The second kappa shape index (κ2) is 5.88. The lowest BCUT2D eigenvalue weighted by molar-refractivity contribution is 0.215. The zero-order valence-corrected chi connectivity index (χ0v) is 12.2. The Hall–Kier alpha value is -0.835. The van der Waals surface area contributed by atoms with E-state index in [4.69, 9.17) is 0 Å². The van der Waals surface area contributed by atoms with Crippen LogP contribution in [0.2, 0.25) is 0 Å². The molecule has 3 rings (SSSR count). The molecule has 1 aromatic rings. The van der Waals surface area contributed by atoms with E-state index in [0.717, 1.165) is 36.4 Å². The summed E-state index contributed by atoms with van der Waals surface area (Å²) in [5.74, 6) is 2.79. The highest BCUT2D eigenvalue weighted by atomic mass is 16.4. The highest BCUT2D eigenvalue weighted by Crippen LogP contribution is 2.48. The molecule has 3 atom stereocenters. The van der Waals surface area contributed by atoms with Gasteiger partial charge in [-0.15, -0.1) is 0 Å². The van der Waals surface area contributed by atoms with Crippen molar-refractivity contribution in [3.05, 3.63) is 29.8 Å². The maximum Gasteiger partial charge on any atom is 0.488 e. The Morgan fingerprint density at radius 3 is 2.65 bits per heavy atom. The molecule has 0 aromatic heterocycles. The zero-order valence-electron chi connectivity index (χ0n) is 12.2. The number of hydrogen-bond acceptors (Lipinski definition) is 3. The molecule has 0 radical (unpaired) electrons. The molecule has 2 aliphatic carbocycles. The van der Waals surface area contributed by atoms with Crippen molar-refractivity contribution in [3.8, 4) is 0 Å². The Bertz CT molecular complexity index is 466. The van der Waals surface area contributed by atoms with E-state index in [0.29, 0.717) is 5.46 Å². The monoisotopic (exact) mass is 273 g/mol. The fraction of sp³-hybridized carbons (Fsp3) is 0.625. The van der Waals surface area contributed by atoms with E-state index in [-0.39, 0.29) is 0 Å². The third kappa shape index (κ3) is 2.92. The minimum atomic E-state index is -1.37. The number of benzene rings is 1. The van der Waals surface area contributed by atoms with Crippen molar-refractivity contribution in [2.75, 3.05) is 13.6 Å². The Labute approximate surface area is 121 Å². The molecule has 2 aliphatic rings. The summed E-state index contributed by atoms with van der Waals surface area (Å²) in [5.41, 5.74) is 1.65. The van der Waals surface area contributed by atoms with Crippen LogP contribution in [-0.2, 0) is 6.54 Å². The zero-order chi connectivity index (χ0) is 14.1. The van der Waals surface area contributed by atoms with Gasteiger partial charge in [0.1, 0.15) is 0 Å². The quantitative estimate of drug-likeness (QED) is 0.793. The van der Waals surface area contributed by atoms with Gasteiger partial charge in [-0.2, -0.15) is 0 Å². The minimum Gasteiger partial charge on any atom is -0.423 e. The molecule has 0 spiro atoms. The van der Waals surface area contributed by atoms with Crippen LogP contribution < -0.4 is 5.46 Å². The number of hydrogen-bond donors (Lipinski definition) is 2. The van der Waals surface area contributed by atoms with Crippen LogP contribution >= 0.6 is 0 Å². The molecular weight excluding hydrogens is 249 g/mol. The van der Waals surface area contributed by atoms with E-state index >= 15 is 0 Å². The first kappa shape index (κ1) is 14.1. The SMILES string of the molecule is CN(Cc1ccccc1B(O)O)CC1CC2CCC1C2. The molecule has 20 heavy (non-hydrogen) atoms. The van der Waals surface area contributed by atoms with Gasteiger partial charge in [-0.05, 0) is 55.1 Å². The van der Waals surface area contributed by atoms with Crippen LogP contribution in [0.5, 0.6) is 0 Å². The Morgan fingerprint density at radius 1 is 1.20 bits per heavy atom. The molecule has 3 nitrogen and oxygen atoms in total. The highest BCUT2D eigenvalue weighted by Gasteiger charge is 2.39. The molecule has 2 fully saturated rings. The standard InChI is InChI=1S/C16H24BNO2/c1-18(11-15-9-12-6-7-13(15)8-12)10-14-4-2-3-5-16(14)17(19)20/h2-5,12-13,15,19-20H,6-11H2,1H3. The Balaban J connectivity index is 1.60. The Morgan fingerprint density at radius 2 is 2.00 bits per heavy atom. The van der Waals surface area contributed by atoms with Gasteiger partial charge < -0.3 is 14.9 Å². The second-order valence-electron chi connectivity index (χ2n) is 6.70. The fourth-order valence-corrected chi connectivity index (χ4v) is 4.29. The molecule has 2 N–H and O–H groups in total. The van der Waals surface area contributed by atoms with E-state index < -0.39 is 7.12 Å². The van der Waals surface area contributed by atoms with Gasteiger partial charge in [0.15, 0.2) is 0 Å². The van der Waals surface area contributed by atoms with Gasteiger partial charge in [0, 0.05) is 13.1 Å². The van der Waals surface area contributed by atoms with E-state index in [2.05, 4.69) is 11.9 Å². The summed E-state index contributed by atoms with van der Waals surface area (Å²) in [6.07, 6.45) is 5.73. The van der Waals surface area contributed by atoms with E-state index in [9.17, 15) is 10.0 Å². The average Bonchev–Trinajstić information content (AvgIpc) is 3.01. The van der Waals surface area contributed by atoms with Crippen molar-refractivity contribution in [1.82, 2.24) is 4.90 Å². The summed E-state index contributed by atoms with van der Waals surface area (Å²) in [5, 5.41) is 18.8. The first-order valence-corrected chi connectivity index (χ1v) is 7.76. The lowest BCUT2D eigenvalue weighted by Gasteiger charge is -2.27. The van der Waals surface area contributed by atoms with Crippen molar-refractivity contribution in [1.29, 1.82) is 0 Å². The molecule has 0 heterocycles. The van der Waals surface area contributed by atoms with Crippen LogP contribution in [0.3, 0.4) is 0 Å². The van der Waals surface area contributed by atoms with Gasteiger partial charge in [-0.1, -0.05) is 30.7 Å². The van der Waals surface area contributed by atoms with E-state index in [1.54, 1.807) is 6.07 Å². The molecule has 0 amide bonds. The van der Waals surface area contributed by atoms with Crippen molar-refractivity contribution < 1.29 is 10.0 Å². The maximum atomic E-state index is 9.42. The third-order valence-corrected chi connectivity index (χ3v) is 5.20. The molecule has 108 valence electrons. The van der Waals surface area contributed by atoms with Crippen LogP contribution in [0.1, 0.15) is 31.2 Å². The molecular formula is C16H24BNO2. The number of rotatable bonds is 5. The van der Waals surface area contributed by atoms with Crippen molar-refractivity contribution >= 4 is 12.6 Å². The second-order valence-corrected chi connectivity index (χ2v) is 6.70.